The van der Waals surface area contributed by atoms with Gasteiger partial charge in [-0.25, -0.2) is 0 Å². The van der Waals surface area contributed by atoms with Gasteiger partial charge in [0.25, 0.3) is 0 Å². The molecule has 5 nitrogen and oxygen atoms in total. The van der Waals surface area contributed by atoms with Gasteiger partial charge < -0.3 is 15.4 Å². The van der Waals surface area contributed by atoms with Gasteiger partial charge in [0.2, 0.25) is 0 Å². The second kappa shape index (κ2) is 12.5. The summed E-state index contributed by atoms with van der Waals surface area (Å²) in [6.45, 7) is 14.9. The molecule has 2 rings (SSSR count). The lowest BCUT2D eigenvalue weighted by Crippen LogP contribution is -2.44. The van der Waals surface area contributed by atoms with Crippen LogP contribution in [0.25, 0.3) is 0 Å². The fraction of sp³-hybridized carbons (Fsp3) is 0.650. The highest BCUT2D eigenvalue weighted by Gasteiger charge is 2.16. The van der Waals surface area contributed by atoms with Crippen molar-refractivity contribution in [1.82, 2.24) is 15.5 Å². The van der Waals surface area contributed by atoms with E-state index in [1.165, 1.54) is 11.1 Å². The van der Waals surface area contributed by atoms with E-state index in [2.05, 4.69) is 67.5 Å². The third-order valence-corrected chi connectivity index (χ3v) is 4.75. The van der Waals surface area contributed by atoms with Gasteiger partial charge in [-0.05, 0) is 32.3 Å². The highest BCUT2D eigenvalue weighted by atomic mass is 127. The maximum absolute atomic E-state index is 5.43. The first-order valence-electron chi connectivity index (χ1n) is 9.50. The molecule has 1 saturated heterocycles. The minimum Gasteiger partial charge on any atom is -0.379 e. The molecular formula is C20H35IN4O. The van der Waals surface area contributed by atoms with Gasteiger partial charge >= 0.3 is 0 Å². The smallest absolute Gasteiger partial charge is 0.191 e. The molecule has 26 heavy (non-hydrogen) atoms. The molecule has 1 aromatic rings. The molecule has 0 aromatic heterocycles. The molecule has 1 aromatic carbocycles. The molecule has 1 heterocycles. The van der Waals surface area contributed by atoms with E-state index in [9.17, 15) is 0 Å². The molecule has 2 unspecified atom stereocenters. The molecule has 0 saturated carbocycles. The summed E-state index contributed by atoms with van der Waals surface area (Å²) in [4.78, 5) is 7.23. The molecule has 1 fully saturated rings. The molecule has 2 N–H and O–H groups in total. The van der Waals surface area contributed by atoms with Crippen LogP contribution in [0.5, 0.6) is 0 Å². The fourth-order valence-corrected chi connectivity index (χ4v) is 2.96. The number of guanidine groups is 1. The third-order valence-electron chi connectivity index (χ3n) is 4.75. The van der Waals surface area contributed by atoms with E-state index in [1.54, 1.807) is 0 Å². The standard InChI is InChI=1S/C20H34N4O.HI/c1-5-21-20(23-15-18(4)24-10-12-25-13-11-24)22-14-17(3)19-8-6-16(2)7-9-19;/h6-9,17-18H,5,10-15H2,1-4H3,(H2,21,22,23);1H. The quantitative estimate of drug-likeness (QED) is 0.363. The zero-order valence-corrected chi connectivity index (χ0v) is 19.0. The van der Waals surface area contributed by atoms with Crippen molar-refractivity contribution in [2.75, 3.05) is 45.9 Å². The summed E-state index contributed by atoms with van der Waals surface area (Å²) in [6.07, 6.45) is 0. The SMILES string of the molecule is CCNC(=NCC(C)N1CCOCC1)NCC(C)c1ccc(C)cc1.I. The molecule has 0 aliphatic carbocycles. The second-order valence-electron chi connectivity index (χ2n) is 6.91. The fourth-order valence-electron chi connectivity index (χ4n) is 2.96. The van der Waals surface area contributed by atoms with Gasteiger partial charge in [-0.3, -0.25) is 9.89 Å². The lowest BCUT2D eigenvalue weighted by atomic mass is 10.0. The van der Waals surface area contributed by atoms with E-state index < -0.39 is 0 Å². The topological polar surface area (TPSA) is 48.9 Å². The van der Waals surface area contributed by atoms with Crippen LogP contribution in [0.1, 0.15) is 37.8 Å². The van der Waals surface area contributed by atoms with Crippen molar-refractivity contribution in [3.63, 3.8) is 0 Å². The molecule has 0 bridgehead atoms. The van der Waals surface area contributed by atoms with Gasteiger partial charge in [0.15, 0.2) is 5.96 Å². The number of hydrogen-bond donors (Lipinski definition) is 2. The maximum Gasteiger partial charge on any atom is 0.191 e. The first kappa shape index (κ1) is 23.2. The van der Waals surface area contributed by atoms with Crippen molar-refractivity contribution in [1.29, 1.82) is 0 Å². The Balaban J connectivity index is 0.00000338. The number of nitrogens with zero attached hydrogens (tertiary/aromatic N) is 2. The summed E-state index contributed by atoms with van der Waals surface area (Å²) in [5.41, 5.74) is 2.66. The summed E-state index contributed by atoms with van der Waals surface area (Å²) in [5.74, 6) is 1.35. The van der Waals surface area contributed by atoms with Crippen molar-refractivity contribution in [2.24, 2.45) is 4.99 Å². The zero-order chi connectivity index (χ0) is 18.1. The van der Waals surface area contributed by atoms with Gasteiger partial charge in [0.1, 0.15) is 0 Å². The lowest BCUT2D eigenvalue weighted by Gasteiger charge is -2.31. The summed E-state index contributed by atoms with van der Waals surface area (Å²) >= 11 is 0. The first-order chi connectivity index (χ1) is 12.1. The highest BCUT2D eigenvalue weighted by Crippen LogP contribution is 2.14. The van der Waals surface area contributed by atoms with Crippen LogP contribution in [0.15, 0.2) is 29.3 Å². The minimum atomic E-state index is 0. The molecule has 0 spiro atoms. The minimum absolute atomic E-state index is 0. The van der Waals surface area contributed by atoms with Crippen LogP contribution >= 0.6 is 24.0 Å². The number of hydrogen-bond acceptors (Lipinski definition) is 3. The van der Waals surface area contributed by atoms with Gasteiger partial charge in [0.05, 0.1) is 19.8 Å². The molecule has 2 atom stereocenters. The molecular weight excluding hydrogens is 439 g/mol. The van der Waals surface area contributed by atoms with E-state index in [1.807, 2.05) is 0 Å². The van der Waals surface area contributed by atoms with Crippen LogP contribution in [0.4, 0.5) is 0 Å². The van der Waals surface area contributed by atoms with Gasteiger partial charge in [-0.1, -0.05) is 36.8 Å². The Morgan fingerprint density at radius 1 is 1.15 bits per heavy atom. The number of aryl methyl sites for hydroxylation is 1. The van der Waals surface area contributed by atoms with Crippen molar-refractivity contribution in [3.8, 4) is 0 Å². The average Bonchev–Trinajstić information content (AvgIpc) is 2.64. The Hall–Kier alpha value is -0.860. The maximum atomic E-state index is 5.43. The number of nitrogens with one attached hydrogen (secondary N) is 2. The Kier molecular flexibility index (Phi) is 11.2. The zero-order valence-electron chi connectivity index (χ0n) is 16.6. The second-order valence-corrected chi connectivity index (χ2v) is 6.91. The molecule has 6 heteroatoms. The van der Waals surface area contributed by atoms with E-state index in [0.717, 1.165) is 51.9 Å². The number of aliphatic imine (C=N–C) groups is 1. The average molecular weight is 474 g/mol. The summed E-state index contributed by atoms with van der Waals surface area (Å²) < 4.78 is 5.43. The van der Waals surface area contributed by atoms with Crippen LogP contribution < -0.4 is 10.6 Å². The number of ether oxygens (including phenoxy) is 1. The van der Waals surface area contributed by atoms with Crippen LogP contribution in [0.3, 0.4) is 0 Å². The van der Waals surface area contributed by atoms with Gasteiger partial charge in [0, 0.05) is 32.2 Å². The monoisotopic (exact) mass is 474 g/mol. The predicted octanol–water partition coefficient (Wildman–Crippen LogP) is 2.99. The van der Waals surface area contributed by atoms with Crippen molar-refractivity contribution in [2.45, 2.75) is 39.7 Å². The molecule has 0 radical (unpaired) electrons. The van der Waals surface area contributed by atoms with E-state index in [4.69, 9.17) is 9.73 Å². The largest absolute Gasteiger partial charge is 0.379 e. The van der Waals surface area contributed by atoms with Crippen molar-refractivity contribution >= 4 is 29.9 Å². The van der Waals surface area contributed by atoms with Crippen LogP contribution in [-0.4, -0.2) is 62.8 Å². The Morgan fingerprint density at radius 3 is 2.42 bits per heavy atom. The number of benzene rings is 1. The van der Waals surface area contributed by atoms with E-state index >= 15 is 0 Å². The van der Waals surface area contributed by atoms with Gasteiger partial charge in [-0.2, -0.15) is 0 Å². The van der Waals surface area contributed by atoms with Crippen LogP contribution in [-0.2, 0) is 4.74 Å². The number of rotatable bonds is 7. The summed E-state index contributed by atoms with van der Waals surface area (Å²) in [5, 5.41) is 6.84. The first-order valence-corrected chi connectivity index (χ1v) is 9.50. The van der Waals surface area contributed by atoms with E-state index in [0.29, 0.717) is 12.0 Å². The van der Waals surface area contributed by atoms with Crippen LogP contribution in [0, 0.1) is 6.92 Å². The Bertz CT molecular complexity index is 529. The van der Waals surface area contributed by atoms with Crippen LogP contribution in [0.2, 0.25) is 0 Å². The van der Waals surface area contributed by atoms with E-state index in [-0.39, 0.29) is 24.0 Å². The Labute approximate surface area is 176 Å². The predicted molar refractivity (Wildman–Crippen MR) is 121 cm³/mol. The molecule has 148 valence electrons. The third kappa shape index (κ3) is 7.80. The van der Waals surface area contributed by atoms with Crippen molar-refractivity contribution in [3.05, 3.63) is 35.4 Å². The molecule has 1 aliphatic rings. The molecule has 1 aliphatic heterocycles. The normalized spacial score (nSPS) is 17.9. The lowest BCUT2D eigenvalue weighted by molar-refractivity contribution is 0.0220. The van der Waals surface area contributed by atoms with Gasteiger partial charge in [-0.15, -0.1) is 24.0 Å². The number of halogens is 1. The number of morpholine rings is 1. The molecule has 0 amide bonds. The highest BCUT2D eigenvalue weighted by molar-refractivity contribution is 14.0. The summed E-state index contributed by atoms with van der Waals surface area (Å²) in [6, 6.07) is 9.22. The summed E-state index contributed by atoms with van der Waals surface area (Å²) in [7, 11) is 0. The Morgan fingerprint density at radius 2 is 1.81 bits per heavy atom. The van der Waals surface area contributed by atoms with Crippen molar-refractivity contribution < 1.29 is 4.74 Å².